The fourth-order valence-electron chi connectivity index (χ4n) is 8.58. The van der Waals surface area contributed by atoms with Gasteiger partial charge in [-0.2, -0.15) is 19.7 Å². The highest BCUT2D eigenvalue weighted by atomic mass is 19.1. The zero-order valence-corrected chi connectivity index (χ0v) is 29.1. The molecule has 3 fully saturated rings. The summed E-state index contributed by atoms with van der Waals surface area (Å²) in [5.41, 5.74) is 1.62. The number of ether oxygens (including phenoxy) is 2. The second-order valence-corrected chi connectivity index (χ2v) is 14.4. The summed E-state index contributed by atoms with van der Waals surface area (Å²) in [6.45, 7) is 4.95. The first-order valence-corrected chi connectivity index (χ1v) is 17.8. The number of fused-ring (bicyclic) bond motifs is 5. The van der Waals surface area contributed by atoms with Gasteiger partial charge in [-0.25, -0.2) is 9.18 Å². The smallest absolute Gasteiger partial charge is 0.409 e. The average molecular weight is 699 g/mol. The Morgan fingerprint density at radius 1 is 1.20 bits per heavy atom. The van der Waals surface area contributed by atoms with Crippen molar-refractivity contribution in [3.8, 4) is 17.4 Å². The Balaban J connectivity index is 1.20. The van der Waals surface area contributed by atoms with E-state index in [4.69, 9.17) is 19.4 Å². The van der Waals surface area contributed by atoms with Gasteiger partial charge in [-0.3, -0.25) is 9.69 Å². The van der Waals surface area contributed by atoms with Crippen LogP contribution in [0.2, 0.25) is 0 Å². The van der Waals surface area contributed by atoms with Gasteiger partial charge in [-0.05, 0) is 73.7 Å². The number of nitrogens with one attached hydrogen (secondary N) is 2. The molecule has 14 heteroatoms. The lowest BCUT2D eigenvalue weighted by molar-refractivity contribution is 0.0484. The van der Waals surface area contributed by atoms with Crippen LogP contribution in [-0.2, 0) is 11.2 Å². The first kappa shape index (κ1) is 33.5. The van der Waals surface area contributed by atoms with Crippen LogP contribution in [0, 0.1) is 5.82 Å². The Labute approximate surface area is 294 Å². The number of hydrogen-bond donors (Lipinski definition) is 3. The molecule has 2 aromatic carbocycles. The van der Waals surface area contributed by atoms with Crippen LogP contribution in [0.5, 0.6) is 11.8 Å². The number of phenolic OH excluding ortho intramolecular Hbond substituents is 1. The van der Waals surface area contributed by atoms with Gasteiger partial charge in [0.25, 0.3) is 5.56 Å². The Morgan fingerprint density at radius 3 is 2.86 bits per heavy atom. The molecule has 6 heterocycles. The predicted molar refractivity (Wildman–Crippen MR) is 190 cm³/mol. The third kappa shape index (κ3) is 5.98. The lowest BCUT2D eigenvalue weighted by Gasteiger charge is -2.35. The molecule has 1 amide bonds. The number of hydrogen-bond acceptors (Lipinski definition) is 11. The normalized spacial score (nSPS) is 24.5. The minimum atomic E-state index is -0.528. The number of halogens is 1. The van der Waals surface area contributed by atoms with Crippen LogP contribution in [0.25, 0.3) is 32.9 Å². The second kappa shape index (κ2) is 13.1. The largest absolute Gasteiger partial charge is 0.508 e. The van der Waals surface area contributed by atoms with Crippen molar-refractivity contribution in [3.63, 3.8) is 0 Å². The van der Waals surface area contributed by atoms with Gasteiger partial charge in [-0.1, -0.05) is 19.1 Å². The number of carbonyl (C=O) groups excluding carboxylic acids is 1. The highest BCUT2D eigenvalue weighted by molar-refractivity contribution is 5.95. The van der Waals surface area contributed by atoms with E-state index in [2.05, 4.69) is 26.7 Å². The standard InChI is InChI=1S/C37H43FN8O5/c1-4-27-29(38)7-6-21-14-26(47)15-30(31(21)27)46-34(48)33-28(18-40-46)32(22-12-23-16-39-17-24(13-22)41-23)42-35(43-33)51-20-37-9-5-11-45(37)25(8-10-37)19-50-36(49)44(2)3/h6-7,12,14-15,18,23-25,39,41,47H,4-5,8-11,13,16-17,19-20H2,1-3H3/t23?,24?,25-,37-/m1/s1. The van der Waals surface area contributed by atoms with Crippen molar-refractivity contribution >= 4 is 33.3 Å². The fraction of sp³-hybridized carbons (Fsp3) is 0.486. The molecular formula is C37H43FN8O5. The lowest BCUT2D eigenvalue weighted by Crippen LogP contribution is -2.56. The van der Waals surface area contributed by atoms with Crippen LogP contribution in [-0.4, -0.2) is 111 Å². The number of aryl methyl sites for hydroxylation is 1. The summed E-state index contributed by atoms with van der Waals surface area (Å²) in [7, 11) is 3.34. The van der Waals surface area contributed by atoms with Crippen molar-refractivity contribution in [2.45, 2.75) is 69.1 Å². The lowest BCUT2D eigenvalue weighted by atomic mass is 9.92. The fourth-order valence-corrected chi connectivity index (χ4v) is 8.58. The summed E-state index contributed by atoms with van der Waals surface area (Å²) < 4.78 is 28.3. The van der Waals surface area contributed by atoms with Crippen molar-refractivity contribution in [3.05, 3.63) is 64.0 Å². The van der Waals surface area contributed by atoms with Crippen molar-refractivity contribution in [2.75, 3.05) is 46.9 Å². The minimum absolute atomic E-state index is 0.0703. The topological polar surface area (TPSA) is 147 Å². The molecule has 0 spiro atoms. The molecule has 0 radical (unpaired) electrons. The summed E-state index contributed by atoms with van der Waals surface area (Å²) in [5, 5.41) is 23.9. The molecule has 13 nitrogen and oxygen atoms in total. The van der Waals surface area contributed by atoms with Gasteiger partial charge in [0.05, 0.1) is 28.5 Å². The number of rotatable bonds is 8. The maximum absolute atomic E-state index is 15.1. The SMILES string of the molecule is CCc1c(F)ccc2cc(O)cc(-n3ncc4c(C5=CC6CNCC(C5)N6)nc(OC[C@]56CCCN5[C@@H](COC(=O)N(C)C)CC6)nc4c3=O)c12. The van der Waals surface area contributed by atoms with E-state index in [1.54, 1.807) is 32.4 Å². The summed E-state index contributed by atoms with van der Waals surface area (Å²) in [6.07, 6.45) is 8.12. The van der Waals surface area contributed by atoms with E-state index in [0.29, 0.717) is 53.5 Å². The third-order valence-electron chi connectivity index (χ3n) is 11.0. The highest BCUT2D eigenvalue weighted by Crippen LogP contribution is 2.43. The third-order valence-corrected chi connectivity index (χ3v) is 11.0. The molecule has 8 rings (SSSR count). The molecule has 3 saturated heterocycles. The molecule has 2 aromatic heterocycles. The second-order valence-electron chi connectivity index (χ2n) is 14.4. The van der Waals surface area contributed by atoms with Crippen molar-refractivity contribution in [1.29, 1.82) is 0 Å². The summed E-state index contributed by atoms with van der Waals surface area (Å²) in [6, 6.07) is 6.45. The van der Waals surface area contributed by atoms with Crippen LogP contribution >= 0.6 is 0 Å². The maximum Gasteiger partial charge on any atom is 0.409 e. The molecule has 3 N–H and O–H groups in total. The molecular weight excluding hydrogens is 655 g/mol. The Hall–Kier alpha value is -4.66. The highest BCUT2D eigenvalue weighted by Gasteiger charge is 2.50. The molecule has 51 heavy (non-hydrogen) atoms. The molecule has 0 saturated carbocycles. The predicted octanol–water partition coefficient (Wildman–Crippen LogP) is 3.53. The summed E-state index contributed by atoms with van der Waals surface area (Å²) >= 11 is 0. The molecule has 268 valence electrons. The number of aromatic hydroxyl groups is 1. The van der Waals surface area contributed by atoms with Crippen LogP contribution in [0.15, 0.2) is 41.3 Å². The van der Waals surface area contributed by atoms with Gasteiger partial charge < -0.3 is 30.1 Å². The van der Waals surface area contributed by atoms with Gasteiger partial charge in [0, 0.05) is 56.8 Å². The van der Waals surface area contributed by atoms with Crippen LogP contribution in [0.1, 0.15) is 50.3 Å². The van der Waals surface area contributed by atoms with Gasteiger partial charge >= 0.3 is 12.1 Å². The molecule has 2 unspecified atom stereocenters. The quantitative estimate of drug-likeness (QED) is 0.248. The molecule has 2 bridgehead atoms. The molecule has 4 aromatic rings. The van der Waals surface area contributed by atoms with E-state index in [1.807, 2.05) is 6.92 Å². The van der Waals surface area contributed by atoms with Crippen LogP contribution < -0.4 is 20.9 Å². The Bertz CT molecular complexity index is 2120. The van der Waals surface area contributed by atoms with Gasteiger partial charge in [-0.15, -0.1) is 0 Å². The van der Waals surface area contributed by atoms with E-state index in [-0.39, 0.29) is 52.7 Å². The van der Waals surface area contributed by atoms with E-state index in [0.717, 1.165) is 50.9 Å². The number of phenols is 1. The summed E-state index contributed by atoms with van der Waals surface area (Å²) in [4.78, 5) is 40.2. The number of nitrogens with zero attached hydrogens (tertiary/aromatic N) is 6. The molecule has 4 atom stereocenters. The number of piperazine rings is 1. The monoisotopic (exact) mass is 698 g/mol. The minimum Gasteiger partial charge on any atom is -0.508 e. The Kier molecular flexibility index (Phi) is 8.63. The van der Waals surface area contributed by atoms with Crippen LogP contribution in [0.4, 0.5) is 9.18 Å². The van der Waals surface area contributed by atoms with Crippen LogP contribution in [0.3, 0.4) is 0 Å². The van der Waals surface area contributed by atoms with Crippen molar-refractivity contribution < 1.29 is 23.8 Å². The van der Waals surface area contributed by atoms with Gasteiger partial charge in [0.15, 0.2) is 0 Å². The van der Waals surface area contributed by atoms with E-state index >= 15 is 4.39 Å². The number of benzene rings is 2. The van der Waals surface area contributed by atoms with Crippen molar-refractivity contribution in [1.82, 2.24) is 40.2 Å². The molecule has 4 aliphatic rings. The number of aromatic nitrogens is 4. The zero-order chi connectivity index (χ0) is 35.4. The number of amides is 1. The first-order valence-electron chi connectivity index (χ1n) is 17.8. The Morgan fingerprint density at radius 2 is 2.06 bits per heavy atom. The van der Waals surface area contributed by atoms with E-state index in [9.17, 15) is 14.7 Å². The molecule has 4 aliphatic heterocycles. The van der Waals surface area contributed by atoms with E-state index < -0.39 is 11.4 Å². The maximum atomic E-state index is 15.1. The first-order chi connectivity index (χ1) is 24.6. The summed E-state index contributed by atoms with van der Waals surface area (Å²) in [5.74, 6) is -0.464. The number of carbonyl (C=O) groups is 1. The van der Waals surface area contributed by atoms with Crippen molar-refractivity contribution in [2.24, 2.45) is 0 Å². The zero-order valence-electron chi connectivity index (χ0n) is 29.1. The van der Waals surface area contributed by atoms with E-state index in [1.165, 1.54) is 21.7 Å². The average Bonchev–Trinajstić information content (AvgIpc) is 3.69. The molecule has 0 aliphatic carbocycles. The van der Waals surface area contributed by atoms with Gasteiger partial charge in [0.2, 0.25) is 0 Å². The van der Waals surface area contributed by atoms with Gasteiger partial charge in [0.1, 0.15) is 30.3 Å².